The topological polar surface area (TPSA) is 66.5 Å². The van der Waals surface area contributed by atoms with Gasteiger partial charge in [-0.2, -0.15) is 0 Å². The summed E-state index contributed by atoms with van der Waals surface area (Å²) in [6, 6.07) is 14.4. The second-order valence-electron chi connectivity index (χ2n) is 7.68. The van der Waals surface area contributed by atoms with E-state index in [9.17, 15) is 14.4 Å². The Kier molecular flexibility index (Phi) is 5.05. The number of imide groups is 1. The van der Waals surface area contributed by atoms with Gasteiger partial charge in [0.25, 0.3) is 5.91 Å². The van der Waals surface area contributed by atoms with Crippen molar-refractivity contribution in [3.8, 4) is 0 Å². The van der Waals surface area contributed by atoms with Crippen molar-refractivity contribution in [1.29, 1.82) is 0 Å². The van der Waals surface area contributed by atoms with E-state index >= 15 is 0 Å². The van der Waals surface area contributed by atoms with E-state index in [1.54, 1.807) is 24.3 Å². The summed E-state index contributed by atoms with van der Waals surface area (Å²) in [6.07, 6.45) is 5.43. The molecule has 0 radical (unpaired) electrons. The van der Waals surface area contributed by atoms with Crippen molar-refractivity contribution in [3.05, 3.63) is 71.8 Å². The van der Waals surface area contributed by atoms with Gasteiger partial charge < -0.3 is 5.32 Å². The summed E-state index contributed by atoms with van der Waals surface area (Å²) in [5.41, 5.74) is 2.86. The van der Waals surface area contributed by atoms with Crippen LogP contribution in [0.4, 0.5) is 11.4 Å². The first kappa shape index (κ1) is 19.1. The molecular formula is C24H24N2O3. The fourth-order valence-corrected chi connectivity index (χ4v) is 4.31. The number of fused-ring (bicyclic) bond motifs is 1. The van der Waals surface area contributed by atoms with Gasteiger partial charge in [-0.1, -0.05) is 44.2 Å². The Morgan fingerprint density at radius 3 is 2.48 bits per heavy atom. The molecule has 1 fully saturated rings. The van der Waals surface area contributed by atoms with Crippen LogP contribution in [0.2, 0.25) is 0 Å². The van der Waals surface area contributed by atoms with Gasteiger partial charge in [0.15, 0.2) is 0 Å². The third-order valence-electron chi connectivity index (χ3n) is 5.91. The van der Waals surface area contributed by atoms with Crippen molar-refractivity contribution < 1.29 is 14.4 Å². The van der Waals surface area contributed by atoms with Gasteiger partial charge in [-0.25, -0.2) is 0 Å². The van der Waals surface area contributed by atoms with Crippen LogP contribution in [0.25, 0.3) is 0 Å². The monoisotopic (exact) mass is 388 g/mol. The molecule has 3 atom stereocenters. The highest BCUT2D eigenvalue weighted by atomic mass is 16.2. The van der Waals surface area contributed by atoms with Crippen LogP contribution in [0.5, 0.6) is 0 Å². The number of nitrogens with one attached hydrogen (secondary N) is 1. The maximum absolute atomic E-state index is 12.9. The Balaban J connectivity index is 1.53. The number of anilines is 2. The minimum absolute atomic E-state index is 0.0545. The third kappa shape index (κ3) is 3.37. The lowest BCUT2D eigenvalue weighted by molar-refractivity contribution is -0.122. The number of rotatable bonds is 4. The van der Waals surface area contributed by atoms with Crippen LogP contribution in [0, 0.1) is 17.8 Å². The molecule has 2 aromatic rings. The van der Waals surface area contributed by atoms with Crippen LogP contribution >= 0.6 is 0 Å². The number of hydrogen-bond acceptors (Lipinski definition) is 3. The molecule has 0 spiro atoms. The first-order chi connectivity index (χ1) is 14.0. The number of hydrogen-bond donors (Lipinski definition) is 1. The van der Waals surface area contributed by atoms with Crippen molar-refractivity contribution in [3.63, 3.8) is 0 Å². The van der Waals surface area contributed by atoms with Crippen LogP contribution in [-0.2, 0) is 16.0 Å². The van der Waals surface area contributed by atoms with E-state index in [1.165, 1.54) is 4.90 Å². The smallest absolute Gasteiger partial charge is 0.255 e. The first-order valence-corrected chi connectivity index (χ1v) is 10.0. The van der Waals surface area contributed by atoms with Crippen molar-refractivity contribution >= 4 is 29.1 Å². The van der Waals surface area contributed by atoms with Crippen molar-refractivity contribution in [2.45, 2.75) is 26.7 Å². The summed E-state index contributed by atoms with van der Waals surface area (Å²) in [6.45, 7) is 4.02. The van der Waals surface area contributed by atoms with E-state index in [-0.39, 0.29) is 35.5 Å². The molecule has 0 aromatic heterocycles. The molecule has 1 N–H and O–H groups in total. The summed E-state index contributed by atoms with van der Waals surface area (Å²) in [7, 11) is 0. The van der Waals surface area contributed by atoms with Crippen LogP contribution in [0.1, 0.15) is 36.2 Å². The number of aryl methyl sites for hydroxylation is 1. The molecule has 4 rings (SSSR count). The lowest BCUT2D eigenvalue weighted by Gasteiger charge is -2.22. The minimum atomic E-state index is -0.291. The predicted octanol–water partition coefficient (Wildman–Crippen LogP) is 4.20. The number of carbonyl (C=O) groups excluding carboxylic acids is 3. The minimum Gasteiger partial charge on any atom is -0.322 e. The molecule has 1 aliphatic carbocycles. The molecule has 5 heteroatoms. The van der Waals surface area contributed by atoms with E-state index in [0.717, 1.165) is 17.7 Å². The van der Waals surface area contributed by atoms with Crippen LogP contribution in [0.15, 0.2) is 60.7 Å². The SMILES string of the molecule is CCc1ccccc1NC(=O)c1ccc(N2C(=O)[C@@H]3[C@H](CC=C[C@@H]3C)C2=O)cc1. The quantitative estimate of drug-likeness (QED) is 0.630. The zero-order valence-corrected chi connectivity index (χ0v) is 16.6. The second-order valence-corrected chi connectivity index (χ2v) is 7.68. The zero-order chi connectivity index (χ0) is 20.5. The molecule has 2 aromatic carbocycles. The lowest BCUT2D eigenvalue weighted by atomic mass is 9.78. The van der Waals surface area contributed by atoms with E-state index in [0.29, 0.717) is 17.7 Å². The molecule has 0 unspecified atom stereocenters. The average molecular weight is 388 g/mol. The summed E-state index contributed by atoms with van der Waals surface area (Å²) in [5, 5.41) is 2.94. The molecular weight excluding hydrogens is 364 g/mol. The number of para-hydroxylation sites is 1. The Morgan fingerprint density at radius 2 is 1.79 bits per heavy atom. The highest BCUT2D eigenvalue weighted by molar-refractivity contribution is 6.22. The summed E-state index contributed by atoms with van der Waals surface area (Å²) >= 11 is 0. The molecule has 2 aliphatic rings. The highest BCUT2D eigenvalue weighted by Crippen LogP contribution is 2.40. The number of allylic oxidation sites excluding steroid dienone is 2. The van der Waals surface area contributed by atoms with Gasteiger partial charge >= 0.3 is 0 Å². The van der Waals surface area contributed by atoms with Crippen molar-refractivity contribution in [1.82, 2.24) is 0 Å². The predicted molar refractivity (Wildman–Crippen MR) is 113 cm³/mol. The van der Waals surface area contributed by atoms with Crippen molar-refractivity contribution in [2.75, 3.05) is 10.2 Å². The molecule has 5 nitrogen and oxygen atoms in total. The highest BCUT2D eigenvalue weighted by Gasteiger charge is 2.50. The van der Waals surface area contributed by atoms with Crippen LogP contribution in [-0.4, -0.2) is 17.7 Å². The fourth-order valence-electron chi connectivity index (χ4n) is 4.31. The fraction of sp³-hybridized carbons (Fsp3) is 0.292. The maximum atomic E-state index is 12.9. The number of amides is 3. The number of carbonyl (C=O) groups is 3. The summed E-state index contributed by atoms with van der Waals surface area (Å²) in [4.78, 5) is 39.6. The molecule has 29 heavy (non-hydrogen) atoms. The molecule has 0 saturated carbocycles. The lowest BCUT2D eigenvalue weighted by Crippen LogP contribution is -2.31. The number of nitrogens with zero attached hydrogens (tertiary/aromatic N) is 1. The Labute approximate surface area is 170 Å². The Hall–Kier alpha value is -3.21. The van der Waals surface area contributed by atoms with E-state index in [1.807, 2.05) is 50.3 Å². The first-order valence-electron chi connectivity index (χ1n) is 10.0. The standard InChI is InChI=1S/C24H24N2O3/c1-3-16-8-4-5-10-20(16)25-22(27)17-11-13-18(14-12-17)26-23(28)19-9-6-7-15(2)21(19)24(26)29/h4-8,10-15,19,21H,3,9H2,1-2H3,(H,25,27)/t15-,19-,21-/m0/s1. The Morgan fingerprint density at radius 1 is 1.07 bits per heavy atom. The van der Waals surface area contributed by atoms with Crippen molar-refractivity contribution in [2.24, 2.45) is 17.8 Å². The van der Waals surface area contributed by atoms with Crippen LogP contribution < -0.4 is 10.2 Å². The molecule has 3 amide bonds. The molecule has 1 aliphatic heterocycles. The van der Waals surface area contributed by atoms with Gasteiger partial charge in [0, 0.05) is 11.3 Å². The van der Waals surface area contributed by atoms with Gasteiger partial charge in [-0.3, -0.25) is 19.3 Å². The van der Waals surface area contributed by atoms with E-state index in [4.69, 9.17) is 0 Å². The van der Waals surface area contributed by atoms with Gasteiger partial charge in [0.1, 0.15) is 0 Å². The normalized spacial score (nSPS) is 23.2. The average Bonchev–Trinajstić information content (AvgIpc) is 3.00. The molecule has 1 heterocycles. The molecule has 148 valence electrons. The van der Waals surface area contributed by atoms with Gasteiger partial charge in [0.2, 0.25) is 11.8 Å². The van der Waals surface area contributed by atoms with Gasteiger partial charge in [-0.05, 0) is 54.7 Å². The largest absolute Gasteiger partial charge is 0.322 e. The third-order valence-corrected chi connectivity index (χ3v) is 5.91. The molecule has 1 saturated heterocycles. The maximum Gasteiger partial charge on any atom is 0.255 e. The second kappa shape index (κ2) is 7.66. The Bertz CT molecular complexity index is 993. The summed E-state index contributed by atoms with van der Waals surface area (Å²) < 4.78 is 0. The zero-order valence-electron chi connectivity index (χ0n) is 16.6. The van der Waals surface area contributed by atoms with Gasteiger partial charge in [0.05, 0.1) is 17.5 Å². The number of benzene rings is 2. The van der Waals surface area contributed by atoms with Gasteiger partial charge in [-0.15, -0.1) is 0 Å². The molecule has 0 bridgehead atoms. The van der Waals surface area contributed by atoms with E-state index in [2.05, 4.69) is 5.32 Å². The summed E-state index contributed by atoms with van der Waals surface area (Å²) in [5.74, 6) is -1.03. The van der Waals surface area contributed by atoms with E-state index < -0.39 is 0 Å². The van der Waals surface area contributed by atoms with Crippen LogP contribution in [0.3, 0.4) is 0 Å².